The van der Waals surface area contributed by atoms with Crippen LogP contribution in [-0.4, -0.2) is 30.4 Å². The molecule has 1 aromatic carbocycles. The highest BCUT2D eigenvalue weighted by Gasteiger charge is 2.64. The predicted molar refractivity (Wildman–Crippen MR) is 82.0 cm³/mol. The highest BCUT2D eigenvalue weighted by Crippen LogP contribution is 2.62. The van der Waals surface area contributed by atoms with E-state index in [0.717, 1.165) is 11.3 Å². The number of hydrogen-bond donors (Lipinski definition) is 2. The SMILES string of the molecule is Cc1cccc(OCC(O)CNC2C(C)(C)C2(C)C)c1. The van der Waals surface area contributed by atoms with Crippen molar-refractivity contribution in [1.82, 2.24) is 5.32 Å². The molecule has 1 aliphatic carbocycles. The van der Waals surface area contributed by atoms with Crippen LogP contribution in [0.25, 0.3) is 0 Å². The van der Waals surface area contributed by atoms with Crippen LogP contribution >= 0.6 is 0 Å². The van der Waals surface area contributed by atoms with Gasteiger partial charge in [-0.2, -0.15) is 0 Å². The first-order valence-electron chi connectivity index (χ1n) is 7.36. The quantitative estimate of drug-likeness (QED) is 0.840. The molecule has 1 unspecified atom stereocenters. The van der Waals surface area contributed by atoms with Gasteiger partial charge in [-0.15, -0.1) is 0 Å². The van der Waals surface area contributed by atoms with Crippen LogP contribution in [0, 0.1) is 17.8 Å². The Balaban J connectivity index is 1.73. The van der Waals surface area contributed by atoms with Gasteiger partial charge in [0.1, 0.15) is 18.5 Å². The Bertz CT molecular complexity index is 454. The lowest BCUT2D eigenvalue weighted by atomic mass is 10.0. The van der Waals surface area contributed by atoms with Crippen molar-refractivity contribution >= 4 is 0 Å². The van der Waals surface area contributed by atoms with Crippen molar-refractivity contribution in [2.45, 2.75) is 46.8 Å². The molecule has 0 heterocycles. The molecule has 2 N–H and O–H groups in total. The smallest absolute Gasteiger partial charge is 0.119 e. The summed E-state index contributed by atoms with van der Waals surface area (Å²) in [6.07, 6.45) is -0.484. The summed E-state index contributed by atoms with van der Waals surface area (Å²) in [6.45, 7) is 12.0. The summed E-state index contributed by atoms with van der Waals surface area (Å²) in [6, 6.07) is 8.35. The molecule has 0 radical (unpaired) electrons. The average molecular weight is 277 g/mol. The fourth-order valence-electron chi connectivity index (χ4n) is 2.92. The molecule has 0 saturated heterocycles. The summed E-state index contributed by atoms with van der Waals surface area (Å²) in [4.78, 5) is 0. The van der Waals surface area contributed by atoms with Crippen LogP contribution in [0.1, 0.15) is 33.3 Å². The van der Waals surface area contributed by atoms with E-state index in [4.69, 9.17) is 4.74 Å². The molecule has 1 atom stereocenters. The summed E-state index contributed by atoms with van der Waals surface area (Å²) >= 11 is 0. The fourth-order valence-corrected chi connectivity index (χ4v) is 2.92. The van der Waals surface area contributed by atoms with Gasteiger partial charge in [0.25, 0.3) is 0 Å². The maximum Gasteiger partial charge on any atom is 0.119 e. The summed E-state index contributed by atoms with van der Waals surface area (Å²) in [5.41, 5.74) is 1.76. The third kappa shape index (κ3) is 2.99. The van der Waals surface area contributed by atoms with Crippen molar-refractivity contribution in [3.8, 4) is 5.75 Å². The molecule has 0 spiro atoms. The number of nitrogens with one attached hydrogen (secondary N) is 1. The van der Waals surface area contributed by atoms with Crippen LogP contribution in [-0.2, 0) is 0 Å². The molecule has 2 rings (SSSR count). The van der Waals surface area contributed by atoms with Gasteiger partial charge in [-0.05, 0) is 35.4 Å². The standard InChI is InChI=1S/C17H27NO2/c1-12-7-6-8-14(9-12)20-11-13(19)10-18-15-16(2,3)17(15,4)5/h6-9,13,15,18-19H,10-11H2,1-5H3. The van der Waals surface area contributed by atoms with Crippen LogP contribution in [0.3, 0.4) is 0 Å². The molecule has 3 nitrogen and oxygen atoms in total. The Hall–Kier alpha value is -1.06. The molecular formula is C17H27NO2. The molecule has 20 heavy (non-hydrogen) atoms. The second-order valence-corrected chi connectivity index (χ2v) is 7.07. The van der Waals surface area contributed by atoms with E-state index >= 15 is 0 Å². The van der Waals surface area contributed by atoms with Crippen molar-refractivity contribution in [2.75, 3.05) is 13.2 Å². The van der Waals surface area contributed by atoms with Gasteiger partial charge in [-0.1, -0.05) is 39.8 Å². The zero-order valence-corrected chi connectivity index (χ0v) is 13.2. The predicted octanol–water partition coefficient (Wildman–Crippen LogP) is 2.76. The molecule has 0 bridgehead atoms. The van der Waals surface area contributed by atoms with Gasteiger partial charge in [-0.25, -0.2) is 0 Å². The zero-order chi connectivity index (χ0) is 15.0. The largest absolute Gasteiger partial charge is 0.491 e. The first kappa shape index (κ1) is 15.3. The fraction of sp³-hybridized carbons (Fsp3) is 0.647. The van der Waals surface area contributed by atoms with Crippen molar-refractivity contribution in [3.05, 3.63) is 29.8 Å². The van der Waals surface area contributed by atoms with E-state index in [1.54, 1.807) is 0 Å². The minimum Gasteiger partial charge on any atom is -0.491 e. The number of aryl methyl sites for hydroxylation is 1. The summed E-state index contributed by atoms with van der Waals surface area (Å²) in [7, 11) is 0. The zero-order valence-electron chi connectivity index (χ0n) is 13.2. The lowest BCUT2D eigenvalue weighted by Gasteiger charge is -2.14. The van der Waals surface area contributed by atoms with Gasteiger partial charge < -0.3 is 15.2 Å². The van der Waals surface area contributed by atoms with Crippen LogP contribution in [0.5, 0.6) is 5.75 Å². The van der Waals surface area contributed by atoms with Crippen LogP contribution < -0.4 is 10.1 Å². The maximum atomic E-state index is 10.0. The van der Waals surface area contributed by atoms with Gasteiger partial charge in [0.15, 0.2) is 0 Å². The molecule has 1 fully saturated rings. The topological polar surface area (TPSA) is 41.5 Å². The number of aliphatic hydroxyl groups excluding tert-OH is 1. The first-order valence-corrected chi connectivity index (χ1v) is 7.36. The minimum atomic E-state index is -0.484. The highest BCUT2D eigenvalue weighted by molar-refractivity contribution is 5.27. The van der Waals surface area contributed by atoms with Crippen LogP contribution in [0.2, 0.25) is 0 Å². The molecule has 1 saturated carbocycles. The van der Waals surface area contributed by atoms with E-state index in [-0.39, 0.29) is 0 Å². The summed E-state index contributed by atoms with van der Waals surface area (Å²) in [5, 5.41) is 13.5. The van der Waals surface area contributed by atoms with Gasteiger partial charge >= 0.3 is 0 Å². The van der Waals surface area contributed by atoms with Crippen molar-refractivity contribution < 1.29 is 9.84 Å². The van der Waals surface area contributed by atoms with Crippen molar-refractivity contribution in [3.63, 3.8) is 0 Å². The minimum absolute atomic E-state index is 0.296. The molecule has 3 heteroatoms. The lowest BCUT2D eigenvalue weighted by Crippen LogP contribution is -2.34. The van der Waals surface area contributed by atoms with E-state index in [1.165, 1.54) is 0 Å². The van der Waals surface area contributed by atoms with Crippen LogP contribution in [0.15, 0.2) is 24.3 Å². The van der Waals surface area contributed by atoms with E-state index < -0.39 is 6.10 Å². The Morgan fingerprint density at radius 2 is 1.90 bits per heavy atom. The third-order valence-corrected chi connectivity index (χ3v) is 5.01. The molecule has 0 amide bonds. The molecule has 112 valence electrons. The number of aliphatic hydroxyl groups is 1. The molecule has 0 aliphatic heterocycles. The van der Waals surface area contributed by atoms with Crippen LogP contribution in [0.4, 0.5) is 0 Å². The highest BCUT2D eigenvalue weighted by atomic mass is 16.5. The number of hydrogen-bond acceptors (Lipinski definition) is 3. The Morgan fingerprint density at radius 1 is 1.25 bits per heavy atom. The van der Waals surface area contributed by atoms with Gasteiger partial charge in [0, 0.05) is 12.6 Å². The van der Waals surface area contributed by atoms with Crippen molar-refractivity contribution in [2.24, 2.45) is 10.8 Å². The maximum absolute atomic E-state index is 10.0. The second-order valence-electron chi connectivity index (χ2n) is 7.07. The number of benzene rings is 1. The lowest BCUT2D eigenvalue weighted by molar-refractivity contribution is 0.105. The average Bonchev–Trinajstić information content (AvgIpc) is 2.75. The Morgan fingerprint density at radius 3 is 2.45 bits per heavy atom. The van der Waals surface area contributed by atoms with E-state index in [9.17, 15) is 5.11 Å². The van der Waals surface area contributed by atoms with E-state index in [0.29, 0.717) is 30.0 Å². The van der Waals surface area contributed by atoms with Gasteiger partial charge in [-0.3, -0.25) is 0 Å². The van der Waals surface area contributed by atoms with E-state index in [2.05, 4.69) is 33.0 Å². The Labute approximate surface area is 122 Å². The monoisotopic (exact) mass is 277 g/mol. The van der Waals surface area contributed by atoms with Gasteiger partial charge in [0.05, 0.1) is 0 Å². The molecular weight excluding hydrogens is 250 g/mol. The second kappa shape index (κ2) is 5.38. The van der Waals surface area contributed by atoms with Crippen molar-refractivity contribution in [1.29, 1.82) is 0 Å². The number of rotatable bonds is 6. The number of ether oxygens (including phenoxy) is 1. The normalized spacial score (nSPS) is 21.5. The molecule has 1 aliphatic rings. The first-order chi connectivity index (χ1) is 9.25. The molecule has 0 aromatic heterocycles. The molecule has 1 aromatic rings. The summed E-state index contributed by atoms with van der Waals surface area (Å²) < 4.78 is 5.62. The van der Waals surface area contributed by atoms with E-state index in [1.807, 2.05) is 31.2 Å². The van der Waals surface area contributed by atoms with Gasteiger partial charge in [0.2, 0.25) is 0 Å². The Kier molecular flexibility index (Phi) is 4.12. The third-order valence-electron chi connectivity index (χ3n) is 5.01. The summed E-state index contributed by atoms with van der Waals surface area (Å²) in [5.74, 6) is 0.816.